The Morgan fingerprint density at radius 1 is 1.05 bits per heavy atom. The zero-order chi connectivity index (χ0) is 27.6. The molecule has 1 fully saturated rings. The summed E-state index contributed by atoms with van der Waals surface area (Å²) in [7, 11) is 3.22. The van der Waals surface area contributed by atoms with Crippen molar-refractivity contribution in [3.05, 3.63) is 76.0 Å². The minimum atomic E-state index is -0.307. The molecule has 0 bridgehead atoms. The standard InChI is InChI=1S/C30H37N3O5S/c1-22-8-11-24(12-9-22)31-30(35)33(19-25-6-4-16-38-25)21-29(34)32(20-26-7-5-17-39-26)15-14-23-10-13-27(36-2)28(18-23)37-3/h5,7-13,17-18,25H,4,6,14-16,19-21H2,1-3H3,(H,31,35)/t25-/m0/s1. The Balaban J connectivity index is 1.48. The number of amides is 3. The maximum absolute atomic E-state index is 13.7. The molecule has 1 saturated heterocycles. The Bertz CT molecular complexity index is 1210. The molecule has 1 aliphatic rings. The van der Waals surface area contributed by atoms with Crippen molar-refractivity contribution in [2.24, 2.45) is 0 Å². The number of hydrogen-bond acceptors (Lipinski definition) is 6. The number of carbonyl (C=O) groups is 2. The minimum Gasteiger partial charge on any atom is -0.493 e. The molecule has 2 aromatic carbocycles. The van der Waals surface area contributed by atoms with E-state index in [1.807, 2.05) is 71.8 Å². The number of ether oxygens (including phenoxy) is 3. The van der Waals surface area contributed by atoms with E-state index in [9.17, 15) is 9.59 Å². The number of carbonyl (C=O) groups excluding carboxylic acids is 2. The van der Waals surface area contributed by atoms with Gasteiger partial charge in [0.2, 0.25) is 5.91 Å². The Morgan fingerprint density at radius 3 is 2.51 bits per heavy atom. The van der Waals surface area contributed by atoms with Crippen molar-refractivity contribution in [3.8, 4) is 11.5 Å². The summed E-state index contributed by atoms with van der Waals surface area (Å²) >= 11 is 1.61. The fraction of sp³-hybridized carbons (Fsp3) is 0.400. The summed E-state index contributed by atoms with van der Waals surface area (Å²) in [5, 5.41) is 4.96. The number of urea groups is 1. The number of rotatable bonds is 12. The van der Waals surface area contributed by atoms with Gasteiger partial charge >= 0.3 is 6.03 Å². The molecule has 2 heterocycles. The van der Waals surface area contributed by atoms with Gasteiger partial charge in [-0.05, 0) is 67.5 Å². The molecule has 0 spiro atoms. The lowest BCUT2D eigenvalue weighted by atomic mass is 10.1. The van der Waals surface area contributed by atoms with E-state index in [-0.39, 0.29) is 24.6 Å². The average molecular weight is 552 g/mol. The second kappa shape index (κ2) is 14.0. The molecule has 9 heteroatoms. The summed E-state index contributed by atoms with van der Waals surface area (Å²) in [4.78, 5) is 31.6. The number of nitrogens with zero attached hydrogens (tertiary/aromatic N) is 2. The van der Waals surface area contributed by atoms with Crippen LogP contribution < -0.4 is 14.8 Å². The van der Waals surface area contributed by atoms with Gasteiger partial charge in [0.25, 0.3) is 0 Å². The van der Waals surface area contributed by atoms with Gasteiger partial charge in [-0.3, -0.25) is 4.79 Å². The molecule has 0 unspecified atom stereocenters. The third kappa shape index (κ3) is 8.21. The van der Waals surface area contributed by atoms with Crippen molar-refractivity contribution in [3.63, 3.8) is 0 Å². The zero-order valence-electron chi connectivity index (χ0n) is 22.9. The van der Waals surface area contributed by atoms with E-state index in [2.05, 4.69) is 5.32 Å². The van der Waals surface area contributed by atoms with E-state index in [4.69, 9.17) is 14.2 Å². The van der Waals surface area contributed by atoms with Crippen LogP contribution in [0.15, 0.2) is 60.0 Å². The number of methoxy groups -OCH3 is 2. The van der Waals surface area contributed by atoms with E-state index in [0.717, 1.165) is 28.8 Å². The van der Waals surface area contributed by atoms with Gasteiger partial charge in [-0.25, -0.2) is 4.79 Å². The monoisotopic (exact) mass is 551 g/mol. The third-order valence-electron chi connectivity index (χ3n) is 6.76. The highest BCUT2D eigenvalue weighted by atomic mass is 32.1. The van der Waals surface area contributed by atoms with E-state index in [0.29, 0.717) is 49.8 Å². The SMILES string of the molecule is COc1ccc(CCN(Cc2cccs2)C(=O)CN(C[C@@H]2CCCO2)C(=O)Nc2ccc(C)cc2)cc1OC. The Hall–Kier alpha value is -3.56. The maximum atomic E-state index is 13.7. The highest BCUT2D eigenvalue weighted by molar-refractivity contribution is 7.09. The topological polar surface area (TPSA) is 80.3 Å². The van der Waals surface area contributed by atoms with Gasteiger partial charge in [-0.1, -0.05) is 29.8 Å². The number of hydrogen-bond donors (Lipinski definition) is 1. The number of nitrogens with one attached hydrogen (secondary N) is 1. The first-order valence-corrected chi connectivity index (χ1v) is 14.1. The van der Waals surface area contributed by atoms with Crippen LogP contribution in [0.3, 0.4) is 0 Å². The molecule has 208 valence electrons. The first-order chi connectivity index (χ1) is 18.9. The van der Waals surface area contributed by atoms with E-state index >= 15 is 0 Å². The van der Waals surface area contributed by atoms with Crippen LogP contribution in [0.4, 0.5) is 10.5 Å². The average Bonchev–Trinajstić information content (AvgIpc) is 3.66. The predicted molar refractivity (Wildman–Crippen MR) is 154 cm³/mol. The molecule has 1 aromatic heterocycles. The fourth-order valence-electron chi connectivity index (χ4n) is 4.54. The number of anilines is 1. The van der Waals surface area contributed by atoms with E-state index < -0.39 is 0 Å². The van der Waals surface area contributed by atoms with Crippen LogP contribution in [0.5, 0.6) is 11.5 Å². The van der Waals surface area contributed by atoms with Crippen molar-refractivity contribution < 1.29 is 23.8 Å². The van der Waals surface area contributed by atoms with Crippen LogP contribution in [0, 0.1) is 6.92 Å². The van der Waals surface area contributed by atoms with Gasteiger partial charge in [0.1, 0.15) is 6.54 Å². The fourth-order valence-corrected chi connectivity index (χ4v) is 5.26. The second-order valence-electron chi connectivity index (χ2n) is 9.65. The molecule has 1 aliphatic heterocycles. The van der Waals surface area contributed by atoms with Crippen LogP contribution >= 0.6 is 11.3 Å². The van der Waals surface area contributed by atoms with Crippen LogP contribution in [0.1, 0.15) is 28.8 Å². The second-order valence-corrected chi connectivity index (χ2v) is 10.7. The lowest BCUT2D eigenvalue weighted by molar-refractivity contribution is -0.132. The van der Waals surface area contributed by atoms with Crippen molar-refractivity contribution in [1.29, 1.82) is 0 Å². The lowest BCUT2D eigenvalue weighted by Gasteiger charge is -2.29. The molecule has 0 saturated carbocycles. The normalized spacial score (nSPS) is 14.6. The van der Waals surface area contributed by atoms with Gasteiger partial charge in [0, 0.05) is 30.3 Å². The molecule has 39 heavy (non-hydrogen) atoms. The Labute approximate surface area is 234 Å². The quantitative estimate of drug-likeness (QED) is 0.328. The highest BCUT2D eigenvalue weighted by Crippen LogP contribution is 2.28. The summed E-state index contributed by atoms with van der Waals surface area (Å²) < 4.78 is 16.6. The van der Waals surface area contributed by atoms with Crippen LogP contribution in [-0.2, 0) is 22.5 Å². The first-order valence-electron chi connectivity index (χ1n) is 13.2. The third-order valence-corrected chi connectivity index (χ3v) is 7.62. The molecular weight excluding hydrogens is 514 g/mol. The van der Waals surface area contributed by atoms with Gasteiger partial charge in [-0.2, -0.15) is 0 Å². The molecule has 0 aliphatic carbocycles. The van der Waals surface area contributed by atoms with Gasteiger partial charge in [0.15, 0.2) is 11.5 Å². The highest BCUT2D eigenvalue weighted by Gasteiger charge is 2.27. The number of benzene rings is 2. The Kier molecular flexibility index (Phi) is 10.2. The van der Waals surface area contributed by atoms with Crippen molar-refractivity contribution >= 4 is 29.0 Å². The molecule has 3 aromatic rings. The molecule has 1 N–H and O–H groups in total. The van der Waals surface area contributed by atoms with Crippen LogP contribution in [0.25, 0.3) is 0 Å². The van der Waals surface area contributed by atoms with Crippen molar-refractivity contribution in [1.82, 2.24) is 9.80 Å². The van der Waals surface area contributed by atoms with Crippen LogP contribution in [0.2, 0.25) is 0 Å². The number of aryl methyl sites for hydroxylation is 1. The summed E-state index contributed by atoms with van der Waals surface area (Å²) in [6.45, 7) is 4.00. The number of thiophene rings is 1. The summed E-state index contributed by atoms with van der Waals surface area (Å²) in [6, 6.07) is 17.1. The molecular formula is C30H37N3O5S. The van der Waals surface area contributed by atoms with Crippen LogP contribution in [-0.4, -0.2) is 68.3 Å². The summed E-state index contributed by atoms with van der Waals surface area (Å²) in [6.07, 6.45) is 2.40. The van der Waals surface area contributed by atoms with Crippen molar-refractivity contribution in [2.75, 3.05) is 45.8 Å². The van der Waals surface area contributed by atoms with E-state index in [1.54, 1.807) is 30.5 Å². The van der Waals surface area contributed by atoms with Gasteiger partial charge < -0.3 is 29.3 Å². The summed E-state index contributed by atoms with van der Waals surface area (Å²) in [5.74, 6) is 1.21. The summed E-state index contributed by atoms with van der Waals surface area (Å²) in [5.41, 5.74) is 2.84. The largest absolute Gasteiger partial charge is 0.493 e. The molecule has 8 nitrogen and oxygen atoms in total. The molecule has 1 atom stereocenters. The van der Waals surface area contributed by atoms with Gasteiger partial charge in [0.05, 0.1) is 26.9 Å². The Morgan fingerprint density at radius 2 is 1.85 bits per heavy atom. The molecule has 3 amide bonds. The minimum absolute atomic E-state index is 0.0329. The lowest BCUT2D eigenvalue weighted by Crippen LogP contribution is -2.47. The zero-order valence-corrected chi connectivity index (χ0v) is 23.7. The smallest absolute Gasteiger partial charge is 0.322 e. The predicted octanol–water partition coefficient (Wildman–Crippen LogP) is 5.36. The molecule has 0 radical (unpaired) electrons. The maximum Gasteiger partial charge on any atom is 0.322 e. The first kappa shape index (κ1) is 28.4. The van der Waals surface area contributed by atoms with Crippen molar-refractivity contribution in [2.45, 2.75) is 38.8 Å². The molecule has 4 rings (SSSR count). The van der Waals surface area contributed by atoms with Gasteiger partial charge in [-0.15, -0.1) is 11.3 Å². The van der Waals surface area contributed by atoms with E-state index in [1.165, 1.54) is 0 Å².